The Hall–Kier alpha value is -2.08. The van der Waals surface area contributed by atoms with E-state index in [-0.39, 0.29) is 29.0 Å². The second-order valence-corrected chi connectivity index (χ2v) is 8.80. The second-order valence-electron chi connectivity index (χ2n) is 8.80. The minimum absolute atomic E-state index is 0.127. The molecule has 0 amide bonds. The molecule has 1 fully saturated rings. The number of benzene rings is 2. The third-order valence-electron chi connectivity index (χ3n) is 6.70. The fourth-order valence-electron chi connectivity index (χ4n) is 4.97. The summed E-state index contributed by atoms with van der Waals surface area (Å²) in [5.41, 5.74) is 0.0330. The van der Waals surface area contributed by atoms with Gasteiger partial charge in [-0.2, -0.15) is 0 Å². The minimum atomic E-state index is -2.29. The Morgan fingerprint density at radius 3 is 2.22 bits per heavy atom. The van der Waals surface area contributed by atoms with Gasteiger partial charge in [0.25, 0.3) is 0 Å². The topological polar surface area (TPSA) is 18.5 Å². The first kappa shape index (κ1) is 23.1. The Kier molecular flexibility index (Phi) is 7.08. The van der Waals surface area contributed by atoms with E-state index in [4.69, 9.17) is 9.47 Å². The minimum Gasteiger partial charge on any atom is -0.491 e. The fraction of sp³-hybridized carbons (Fsp3) is 0.538. The van der Waals surface area contributed by atoms with Crippen molar-refractivity contribution in [3.05, 3.63) is 52.6 Å². The molecule has 174 valence electrons. The van der Waals surface area contributed by atoms with Gasteiger partial charge in [0, 0.05) is 17.7 Å². The maximum Gasteiger partial charge on any atom is 0.171 e. The van der Waals surface area contributed by atoms with E-state index >= 15 is 8.78 Å². The summed E-state index contributed by atoms with van der Waals surface area (Å²) >= 11 is 0. The van der Waals surface area contributed by atoms with Crippen LogP contribution < -0.4 is 4.74 Å². The van der Waals surface area contributed by atoms with Crippen LogP contribution in [0, 0.1) is 17.6 Å². The summed E-state index contributed by atoms with van der Waals surface area (Å²) in [5, 5.41) is 0. The van der Waals surface area contributed by atoms with Crippen LogP contribution in [0.3, 0.4) is 0 Å². The van der Waals surface area contributed by atoms with Gasteiger partial charge >= 0.3 is 0 Å². The van der Waals surface area contributed by atoms with Crippen LogP contribution >= 0.6 is 0 Å². The molecule has 0 bridgehead atoms. The zero-order chi connectivity index (χ0) is 22.8. The van der Waals surface area contributed by atoms with Gasteiger partial charge in [-0.25, -0.2) is 17.6 Å². The molecule has 2 aromatic rings. The number of halogens is 4. The first-order valence-electron chi connectivity index (χ1n) is 11.6. The zero-order valence-corrected chi connectivity index (χ0v) is 18.6. The SMILES string of the molecule is CCCC1CCC(CCc2ccc3c(c2F)C(F)C(F)c2c-3ccc(OCC)c2F)CO1. The number of hydrogen-bond acceptors (Lipinski definition) is 2. The first-order chi connectivity index (χ1) is 15.5. The summed E-state index contributed by atoms with van der Waals surface area (Å²) in [6.07, 6.45) is 1.11. The number of ether oxygens (including phenoxy) is 2. The molecule has 2 nitrogen and oxygen atoms in total. The van der Waals surface area contributed by atoms with Crippen molar-refractivity contribution in [1.82, 2.24) is 0 Å². The normalized spacial score (nSPS) is 24.7. The van der Waals surface area contributed by atoms with Crippen LogP contribution in [0.5, 0.6) is 5.75 Å². The molecule has 1 heterocycles. The van der Waals surface area contributed by atoms with Gasteiger partial charge in [0.15, 0.2) is 23.9 Å². The van der Waals surface area contributed by atoms with Gasteiger partial charge in [0.2, 0.25) is 0 Å². The van der Waals surface area contributed by atoms with Crippen molar-refractivity contribution >= 4 is 0 Å². The lowest BCUT2D eigenvalue weighted by Gasteiger charge is -2.30. The van der Waals surface area contributed by atoms with Crippen LogP contribution in [0.15, 0.2) is 24.3 Å². The van der Waals surface area contributed by atoms with Crippen LogP contribution in [-0.2, 0) is 11.2 Å². The average molecular weight is 451 g/mol. The molecule has 0 N–H and O–H groups in total. The number of fused-ring (bicyclic) bond motifs is 3. The van der Waals surface area contributed by atoms with Crippen molar-refractivity contribution in [2.45, 2.75) is 70.8 Å². The Labute approximate surface area is 186 Å². The molecule has 0 radical (unpaired) electrons. The Balaban J connectivity index is 1.56. The predicted octanol–water partition coefficient (Wildman–Crippen LogP) is 7.59. The van der Waals surface area contributed by atoms with Crippen LogP contribution in [0.2, 0.25) is 0 Å². The summed E-state index contributed by atoms with van der Waals surface area (Å²) < 4.78 is 71.2. The number of rotatable bonds is 7. The lowest BCUT2D eigenvalue weighted by atomic mass is 9.81. The predicted molar refractivity (Wildman–Crippen MR) is 116 cm³/mol. The Morgan fingerprint density at radius 1 is 0.906 bits per heavy atom. The quantitative estimate of drug-likeness (QED) is 0.405. The van der Waals surface area contributed by atoms with Crippen molar-refractivity contribution in [2.75, 3.05) is 13.2 Å². The molecule has 0 spiro atoms. The zero-order valence-electron chi connectivity index (χ0n) is 18.6. The highest BCUT2D eigenvalue weighted by atomic mass is 19.2. The second kappa shape index (κ2) is 9.82. The molecule has 4 rings (SSSR count). The molecule has 6 heteroatoms. The summed E-state index contributed by atoms with van der Waals surface area (Å²) in [6, 6.07) is 6.06. The largest absolute Gasteiger partial charge is 0.491 e. The lowest BCUT2D eigenvalue weighted by Crippen LogP contribution is -2.26. The van der Waals surface area contributed by atoms with Gasteiger partial charge in [0.05, 0.1) is 12.7 Å². The van der Waals surface area contributed by atoms with Crippen molar-refractivity contribution in [1.29, 1.82) is 0 Å². The van der Waals surface area contributed by atoms with E-state index in [1.54, 1.807) is 19.1 Å². The van der Waals surface area contributed by atoms with Gasteiger partial charge in [-0.1, -0.05) is 31.5 Å². The van der Waals surface area contributed by atoms with Crippen LogP contribution in [0.4, 0.5) is 17.6 Å². The maximum atomic E-state index is 15.3. The molecule has 32 heavy (non-hydrogen) atoms. The van der Waals surface area contributed by atoms with E-state index in [0.29, 0.717) is 30.6 Å². The van der Waals surface area contributed by atoms with Gasteiger partial charge in [-0.05, 0) is 67.7 Å². The van der Waals surface area contributed by atoms with Gasteiger partial charge in [-0.15, -0.1) is 0 Å². The van der Waals surface area contributed by atoms with Crippen molar-refractivity contribution in [3.8, 4) is 16.9 Å². The monoisotopic (exact) mass is 450 g/mol. The van der Waals surface area contributed by atoms with Crippen molar-refractivity contribution in [3.63, 3.8) is 0 Å². The van der Waals surface area contributed by atoms with Crippen LogP contribution in [0.1, 0.15) is 75.0 Å². The van der Waals surface area contributed by atoms with Gasteiger partial charge < -0.3 is 9.47 Å². The van der Waals surface area contributed by atoms with E-state index in [0.717, 1.165) is 32.1 Å². The van der Waals surface area contributed by atoms with E-state index in [2.05, 4.69) is 6.92 Å². The molecule has 2 aliphatic rings. The molecule has 2 aromatic carbocycles. The number of aryl methyl sites for hydroxylation is 1. The summed E-state index contributed by atoms with van der Waals surface area (Å²) in [7, 11) is 0. The molecular weight excluding hydrogens is 420 g/mol. The van der Waals surface area contributed by atoms with Crippen LogP contribution in [-0.4, -0.2) is 19.3 Å². The van der Waals surface area contributed by atoms with E-state index in [1.807, 2.05) is 0 Å². The third-order valence-corrected chi connectivity index (χ3v) is 6.70. The van der Waals surface area contributed by atoms with E-state index in [9.17, 15) is 8.78 Å². The molecule has 4 atom stereocenters. The summed E-state index contributed by atoms with van der Waals surface area (Å²) in [5.74, 6) is -1.44. The van der Waals surface area contributed by atoms with Gasteiger partial charge in [-0.3, -0.25) is 0 Å². The third kappa shape index (κ3) is 4.26. The number of alkyl halides is 2. The van der Waals surface area contributed by atoms with Crippen molar-refractivity contribution < 1.29 is 27.0 Å². The average Bonchev–Trinajstić information content (AvgIpc) is 2.79. The summed E-state index contributed by atoms with van der Waals surface area (Å²) in [6.45, 7) is 4.67. The highest BCUT2D eigenvalue weighted by Gasteiger charge is 2.40. The highest BCUT2D eigenvalue weighted by Crippen LogP contribution is 2.51. The summed E-state index contributed by atoms with van der Waals surface area (Å²) in [4.78, 5) is 0. The molecule has 0 saturated carbocycles. The van der Waals surface area contributed by atoms with Gasteiger partial charge in [0.1, 0.15) is 5.82 Å². The fourth-order valence-corrected chi connectivity index (χ4v) is 4.97. The lowest BCUT2D eigenvalue weighted by molar-refractivity contribution is -0.0218. The molecule has 1 aliphatic heterocycles. The molecule has 1 saturated heterocycles. The first-order valence-corrected chi connectivity index (χ1v) is 11.6. The molecular formula is C26H30F4O2. The Bertz CT molecular complexity index is 953. The van der Waals surface area contributed by atoms with E-state index < -0.39 is 29.5 Å². The smallest absolute Gasteiger partial charge is 0.171 e. The van der Waals surface area contributed by atoms with Crippen LogP contribution in [0.25, 0.3) is 11.1 Å². The molecule has 1 aliphatic carbocycles. The van der Waals surface area contributed by atoms with E-state index in [1.165, 1.54) is 12.1 Å². The maximum absolute atomic E-state index is 15.3. The molecule has 4 unspecified atom stereocenters. The standard InChI is InChI=1S/C26H30F4O2/c1-3-5-17-10-7-15(14-32-17)6-8-16-9-11-18-19-12-13-20(31-4-2)24(28)22(19)26(30)25(29)21(18)23(16)27/h9,11-13,15,17,25-26H,3-8,10,14H2,1-2H3. The number of hydrogen-bond donors (Lipinski definition) is 0. The Morgan fingerprint density at radius 2 is 1.59 bits per heavy atom. The highest BCUT2D eigenvalue weighted by molar-refractivity contribution is 5.76. The molecule has 0 aromatic heterocycles. The van der Waals surface area contributed by atoms with Crippen molar-refractivity contribution in [2.24, 2.45) is 5.92 Å².